The zero-order chi connectivity index (χ0) is 9.10. The van der Waals surface area contributed by atoms with Gasteiger partial charge in [-0.3, -0.25) is 0 Å². The summed E-state index contributed by atoms with van der Waals surface area (Å²) in [6, 6.07) is 8.28. The Morgan fingerprint density at radius 2 is 2.31 bits per heavy atom. The number of hydrogen-bond acceptors (Lipinski definition) is 2. The van der Waals surface area contributed by atoms with Crippen molar-refractivity contribution in [1.82, 2.24) is 5.32 Å². The van der Waals surface area contributed by atoms with E-state index in [1.807, 2.05) is 12.1 Å². The zero-order valence-electron chi connectivity index (χ0n) is 7.39. The summed E-state index contributed by atoms with van der Waals surface area (Å²) in [5.41, 5.74) is 1.20. The lowest BCUT2D eigenvalue weighted by atomic mass is 10.0. The van der Waals surface area contributed by atoms with Gasteiger partial charge in [0.05, 0.1) is 0 Å². The Labute approximate surface area is 86.9 Å². The number of anilines is 1. The molecule has 2 nitrogen and oxygen atoms in total. The molecule has 0 amide bonds. The summed E-state index contributed by atoms with van der Waals surface area (Å²) in [6.07, 6.45) is 0. The second-order valence-corrected chi connectivity index (χ2v) is 4.33. The van der Waals surface area contributed by atoms with Crippen molar-refractivity contribution in [3.05, 3.63) is 28.7 Å². The Kier molecular flexibility index (Phi) is 2.86. The quantitative estimate of drug-likeness (QED) is 0.846. The maximum absolute atomic E-state index is 3.45. The van der Waals surface area contributed by atoms with Gasteiger partial charge in [0.25, 0.3) is 0 Å². The number of halogens is 1. The van der Waals surface area contributed by atoms with Crippen LogP contribution in [0.2, 0.25) is 0 Å². The first-order valence-electron chi connectivity index (χ1n) is 4.55. The molecule has 1 aromatic carbocycles. The van der Waals surface area contributed by atoms with E-state index in [4.69, 9.17) is 0 Å². The van der Waals surface area contributed by atoms with Crippen LogP contribution in [0.15, 0.2) is 28.7 Å². The SMILES string of the molecule is Brc1cccc(NCC2CNC2)c1. The number of nitrogens with one attached hydrogen (secondary N) is 2. The average molecular weight is 241 g/mol. The van der Waals surface area contributed by atoms with E-state index in [1.165, 1.54) is 5.69 Å². The minimum absolute atomic E-state index is 0.805. The summed E-state index contributed by atoms with van der Waals surface area (Å²) in [7, 11) is 0. The van der Waals surface area contributed by atoms with Gasteiger partial charge in [-0.1, -0.05) is 22.0 Å². The lowest BCUT2D eigenvalue weighted by Crippen LogP contribution is -2.45. The third kappa shape index (κ3) is 2.45. The molecule has 13 heavy (non-hydrogen) atoms. The molecule has 0 aliphatic carbocycles. The smallest absolute Gasteiger partial charge is 0.0351 e. The Morgan fingerprint density at radius 3 is 2.92 bits per heavy atom. The van der Waals surface area contributed by atoms with Gasteiger partial charge in [-0.15, -0.1) is 0 Å². The number of hydrogen-bond donors (Lipinski definition) is 2. The second-order valence-electron chi connectivity index (χ2n) is 3.42. The third-order valence-electron chi connectivity index (χ3n) is 2.29. The molecule has 1 aliphatic heterocycles. The number of benzene rings is 1. The van der Waals surface area contributed by atoms with Crippen molar-refractivity contribution in [2.45, 2.75) is 0 Å². The summed E-state index contributed by atoms with van der Waals surface area (Å²) >= 11 is 3.45. The van der Waals surface area contributed by atoms with E-state index in [9.17, 15) is 0 Å². The molecule has 0 atom stereocenters. The molecule has 0 radical (unpaired) electrons. The first kappa shape index (κ1) is 9.03. The van der Waals surface area contributed by atoms with Gasteiger partial charge < -0.3 is 10.6 Å². The molecule has 0 unspecified atom stereocenters. The average Bonchev–Trinajstić information content (AvgIpc) is 2.01. The van der Waals surface area contributed by atoms with Crippen LogP contribution in [-0.2, 0) is 0 Å². The monoisotopic (exact) mass is 240 g/mol. The summed E-state index contributed by atoms with van der Waals surface area (Å²) in [6.45, 7) is 3.38. The molecule has 1 aliphatic rings. The molecule has 1 aromatic rings. The Hall–Kier alpha value is -0.540. The first-order valence-corrected chi connectivity index (χ1v) is 5.34. The summed E-state index contributed by atoms with van der Waals surface area (Å²) in [5.74, 6) is 0.805. The lowest BCUT2D eigenvalue weighted by molar-refractivity contribution is 0.365. The Morgan fingerprint density at radius 1 is 1.46 bits per heavy atom. The van der Waals surface area contributed by atoms with Crippen LogP contribution in [0.5, 0.6) is 0 Å². The van der Waals surface area contributed by atoms with Gasteiger partial charge >= 0.3 is 0 Å². The van der Waals surface area contributed by atoms with E-state index >= 15 is 0 Å². The molecule has 0 spiro atoms. The molecule has 2 rings (SSSR count). The van der Waals surface area contributed by atoms with Crippen LogP contribution in [0.4, 0.5) is 5.69 Å². The van der Waals surface area contributed by atoms with Crippen LogP contribution in [-0.4, -0.2) is 19.6 Å². The van der Waals surface area contributed by atoms with E-state index in [-0.39, 0.29) is 0 Å². The first-order chi connectivity index (χ1) is 6.34. The van der Waals surface area contributed by atoms with Gasteiger partial charge in [0.15, 0.2) is 0 Å². The molecule has 1 fully saturated rings. The Bertz CT molecular complexity index is 284. The largest absolute Gasteiger partial charge is 0.385 e. The van der Waals surface area contributed by atoms with Crippen LogP contribution >= 0.6 is 15.9 Å². The molecule has 0 aromatic heterocycles. The molecule has 1 heterocycles. The molecule has 0 bridgehead atoms. The van der Waals surface area contributed by atoms with Crippen LogP contribution in [0.25, 0.3) is 0 Å². The molecular weight excluding hydrogens is 228 g/mol. The van der Waals surface area contributed by atoms with Crippen molar-refractivity contribution in [2.75, 3.05) is 25.0 Å². The van der Waals surface area contributed by atoms with Crippen LogP contribution in [0, 0.1) is 5.92 Å². The standard InChI is InChI=1S/C10H13BrN2/c11-9-2-1-3-10(4-9)13-7-8-5-12-6-8/h1-4,8,12-13H,5-7H2. The molecule has 1 saturated heterocycles. The van der Waals surface area contributed by atoms with Crippen LogP contribution in [0.1, 0.15) is 0 Å². The van der Waals surface area contributed by atoms with Gasteiger partial charge in [0.1, 0.15) is 0 Å². The molecular formula is C10H13BrN2. The highest BCUT2D eigenvalue weighted by molar-refractivity contribution is 9.10. The topological polar surface area (TPSA) is 24.1 Å². The Balaban J connectivity index is 1.86. The number of rotatable bonds is 3. The molecule has 2 N–H and O–H groups in total. The minimum Gasteiger partial charge on any atom is -0.385 e. The van der Waals surface area contributed by atoms with E-state index in [1.54, 1.807) is 0 Å². The summed E-state index contributed by atoms with van der Waals surface area (Å²) < 4.78 is 1.13. The highest BCUT2D eigenvalue weighted by atomic mass is 79.9. The zero-order valence-corrected chi connectivity index (χ0v) is 8.97. The predicted molar refractivity (Wildman–Crippen MR) is 59.0 cm³/mol. The highest BCUT2D eigenvalue weighted by Crippen LogP contribution is 2.16. The van der Waals surface area contributed by atoms with Crippen LogP contribution < -0.4 is 10.6 Å². The maximum atomic E-state index is 3.45. The minimum atomic E-state index is 0.805. The highest BCUT2D eigenvalue weighted by Gasteiger charge is 2.15. The van der Waals surface area contributed by atoms with E-state index in [0.717, 1.165) is 30.0 Å². The fraction of sp³-hybridized carbons (Fsp3) is 0.400. The fourth-order valence-corrected chi connectivity index (χ4v) is 1.75. The van der Waals surface area contributed by atoms with Gasteiger partial charge in [0.2, 0.25) is 0 Å². The van der Waals surface area contributed by atoms with Gasteiger partial charge in [0, 0.05) is 35.7 Å². The molecule has 3 heteroatoms. The third-order valence-corrected chi connectivity index (χ3v) is 2.78. The van der Waals surface area contributed by atoms with Gasteiger partial charge in [-0.25, -0.2) is 0 Å². The van der Waals surface area contributed by atoms with Crippen molar-refractivity contribution in [3.8, 4) is 0 Å². The molecule has 70 valence electrons. The van der Waals surface area contributed by atoms with E-state index < -0.39 is 0 Å². The van der Waals surface area contributed by atoms with Gasteiger partial charge in [-0.2, -0.15) is 0 Å². The van der Waals surface area contributed by atoms with Gasteiger partial charge in [-0.05, 0) is 18.2 Å². The van der Waals surface area contributed by atoms with E-state index in [2.05, 4.69) is 38.7 Å². The van der Waals surface area contributed by atoms with Crippen molar-refractivity contribution in [3.63, 3.8) is 0 Å². The summed E-state index contributed by atoms with van der Waals surface area (Å²) in [5, 5.41) is 6.68. The fourth-order valence-electron chi connectivity index (χ4n) is 1.35. The van der Waals surface area contributed by atoms with Crippen LogP contribution in [0.3, 0.4) is 0 Å². The predicted octanol–water partition coefficient (Wildman–Crippen LogP) is 2.08. The van der Waals surface area contributed by atoms with Crippen molar-refractivity contribution in [2.24, 2.45) is 5.92 Å². The maximum Gasteiger partial charge on any atom is 0.0351 e. The summed E-state index contributed by atoms with van der Waals surface area (Å²) in [4.78, 5) is 0. The molecule has 0 saturated carbocycles. The van der Waals surface area contributed by atoms with Crippen molar-refractivity contribution < 1.29 is 0 Å². The van der Waals surface area contributed by atoms with Crippen molar-refractivity contribution in [1.29, 1.82) is 0 Å². The second kappa shape index (κ2) is 4.11. The van der Waals surface area contributed by atoms with E-state index in [0.29, 0.717) is 0 Å². The lowest BCUT2D eigenvalue weighted by Gasteiger charge is -2.27. The van der Waals surface area contributed by atoms with Crippen molar-refractivity contribution >= 4 is 21.6 Å². The normalized spacial score (nSPS) is 16.7.